The Morgan fingerprint density at radius 2 is 1.65 bits per heavy atom. The van der Waals surface area contributed by atoms with E-state index in [1.807, 2.05) is 13.8 Å². The molecule has 2 aromatic rings. The maximum absolute atomic E-state index is 5.88. The minimum Gasteiger partial charge on any atom is -0.473 e. The molecule has 0 N–H and O–H groups in total. The zero-order chi connectivity index (χ0) is 14.7. The van der Waals surface area contributed by atoms with Gasteiger partial charge >= 0.3 is 0 Å². The minimum absolute atomic E-state index is 0.302. The Labute approximate surface area is 121 Å². The number of aromatic nitrogens is 2. The first-order valence-corrected chi connectivity index (χ1v) is 7.01. The normalized spacial score (nSPS) is 10.9. The molecule has 0 amide bonds. The molecule has 3 nitrogen and oxygen atoms in total. The van der Waals surface area contributed by atoms with Gasteiger partial charge in [0.1, 0.15) is 12.4 Å². The summed E-state index contributed by atoms with van der Waals surface area (Å²) < 4.78 is 5.88. The number of hydrogen-bond donors (Lipinski definition) is 0. The summed E-state index contributed by atoms with van der Waals surface area (Å²) in [5, 5.41) is 0. The van der Waals surface area contributed by atoms with E-state index in [0.717, 1.165) is 22.6 Å². The predicted molar refractivity (Wildman–Crippen MR) is 81.1 cm³/mol. The topological polar surface area (TPSA) is 35.0 Å². The maximum Gasteiger partial charge on any atom is 0.220 e. The molecule has 0 spiro atoms. The molecular formula is C17H22N2O. The smallest absolute Gasteiger partial charge is 0.220 e. The molecule has 0 aliphatic carbocycles. The summed E-state index contributed by atoms with van der Waals surface area (Å²) >= 11 is 0. The number of hydrogen-bond acceptors (Lipinski definition) is 3. The van der Waals surface area contributed by atoms with Crippen LogP contribution in [0.2, 0.25) is 0 Å². The molecule has 0 radical (unpaired) electrons. The number of aryl methyl sites for hydroxylation is 2. The van der Waals surface area contributed by atoms with Crippen LogP contribution >= 0.6 is 0 Å². The number of benzene rings is 1. The second-order valence-electron chi connectivity index (χ2n) is 5.53. The lowest BCUT2D eigenvalue weighted by atomic mass is 10.1. The highest BCUT2D eigenvalue weighted by molar-refractivity contribution is 5.30. The Bertz CT molecular complexity index is 589. The van der Waals surface area contributed by atoms with Crippen molar-refractivity contribution in [2.24, 2.45) is 0 Å². The minimum atomic E-state index is 0.302. The molecule has 1 heterocycles. The van der Waals surface area contributed by atoms with Crippen molar-refractivity contribution in [2.45, 2.75) is 47.1 Å². The van der Waals surface area contributed by atoms with Gasteiger partial charge in [-0.1, -0.05) is 43.7 Å². The summed E-state index contributed by atoms with van der Waals surface area (Å²) in [5.74, 6) is 1.84. The summed E-state index contributed by atoms with van der Waals surface area (Å²) in [5.41, 5.74) is 4.41. The first-order chi connectivity index (χ1) is 9.47. The van der Waals surface area contributed by atoms with E-state index in [9.17, 15) is 0 Å². The molecule has 1 aromatic carbocycles. The molecule has 0 aliphatic heterocycles. The van der Waals surface area contributed by atoms with Crippen molar-refractivity contribution in [3.05, 3.63) is 52.5 Å². The van der Waals surface area contributed by atoms with Gasteiger partial charge in [0.05, 0.1) is 0 Å². The van der Waals surface area contributed by atoms with Gasteiger partial charge in [0.2, 0.25) is 5.88 Å². The Hall–Kier alpha value is -1.90. The number of rotatable bonds is 4. The van der Waals surface area contributed by atoms with Gasteiger partial charge < -0.3 is 4.74 Å². The summed E-state index contributed by atoms with van der Waals surface area (Å²) in [4.78, 5) is 9.04. The molecule has 0 fully saturated rings. The van der Waals surface area contributed by atoms with Crippen molar-refractivity contribution in [3.8, 4) is 5.88 Å². The SMILES string of the molecule is Cc1ccc(COc2nc(C(C)C)nc(C)c2C)cc1. The first kappa shape index (κ1) is 14.5. The third-order valence-corrected chi connectivity index (χ3v) is 3.37. The fourth-order valence-electron chi connectivity index (χ4n) is 1.86. The van der Waals surface area contributed by atoms with E-state index in [1.54, 1.807) is 0 Å². The van der Waals surface area contributed by atoms with Crippen molar-refractivity contribution >= 4 is 0 Å². The third-order valence-electron chi connectivity index (χ3n) is 3.37. The molecule has 0 saturated carbocycles. The van der Waals surface area contributed by atoms with E-state index >= 15 is 0 Å². The molecule has 0 aliphatic rings. The van der Waals surface area contributed by atoms with E-state index < -0.39 is 0 Å². The number of nitrogens with zero attached hydrogens (tertiary/aromatic N) is 2. The Kier molecular flexibility index (Phi) is 4.38. The van der Waals surface area contributed by atoms with Gasteiger partial charge in [-0.15, -0.1) is 0 Å². The van der Waals surface area contributed by atoms with Crippen molar-refractivity contribution in [2.75, 3.05) is 0 Å². The van der Waals surface area contributed by atoms with Gasteiger partial charge in [0, 0.05) is 17.2 Å². The van der Waals surface area contributed by atoms with E-state index in [1.165, 1.54) is 5.56 Å². The van der Waals surface area contributed by atoms with E-state index in [-0.39, 0.29) is 0 Å². The predicted octanol–water partition coefficient (Wildman–Crippen LogP) is 4.10. The second kappa shape index (κ2) is 6.04. The maximum atomic E-state index is 5.88. The zero-order valence-electron chi connectivity index (χ0n) is 12.9. The lowest BCUT2D eigenvalue weighted by Crippen LogP contribution is -2.06. The van der Waals surface area contributed by atoms with Crippen molar-refractivity contribution in [1.29, 1.82) is 0 Å². The fourth-order valence-corrected chi connectivity index (χ4v) is 1.86. The highest BCUT2D eigenvalue weighted by Gasteiger charge is 2.11. The van der Waals surface area contributed by atoms with Crippen LogP contribution < -0.4 is 4.74 Å². The van der Waals surface area contributed by atoms with Crippen LogP contribution in [-0.4, -0.2) is 9.97 Å². The number of ether oxygens (including phenoxy) is 1. The van der Waals surface area contributed by atoms with Crippen LogP contribution in [0.15, 0.2) is 24.3 Å². The van der Waals surface area contributed by atoms with Gasteiger partial charge in [-0.3, -0.25) is 0 Å². The van der Waals surface area contributed by atoms with Crippen molar-refractivity contribution < 1.29 is 4.74 Å². The van der Waals surface area contributed by atoms with Gasteiger partial charge in [-0.25, -0.2) is 4.98 Å². The average molecular weight is 270 g/mol. The summed E-state index contributed by atoms with van der Waals surface area (Å²) in [6, 6.07) is 8.36. The van der Waals surface area contributed by atoms with Crippen LogP contribution in [0.1, 0.15) is 48.0 Å². The third kappa shape index (κ3) is 3.35. The fraction of sp³-hybridized carbons (Fsp3) is 0.412. The van der Waals surface area contributed by atoms with E-state index in [4.69, 9.17) is 4.74 Å². The van der Waals surface area contributed by atoms with Crippen molar-refractivity contribution in [3.63, 3.8) is 0 Å². The molecule has 0 saturated heterocycles. The van der Waals surface area contributed by atoms with Crippen LogP contribution in [0.3, 0.4) is 0 Å². The molecule has 1 aromatic heterocycles. The monoisotopic (exact) mass is 270 g/mol. The molecule has 20 heavy (non-hydrogen) atoms. The van der Waals surface area contributed by atoms with Crippen LogP contribution in [0.25, 0.3) is 0 Å². The molecule has 3 heteroatoms. The summed E-state index contributed by atoms with van der Waals surface area (Å²) in [6.07, 6.45) is 0. The van der Waals surface area contributed by atoms with Crippen LogP contribution in [0, 0.1) is 20.8 Å². The summed E-state index contributed by atoms with van der Waals surface area (Å²) in [6.45, 7) is 10.8. The largest absolute Gasteiger partial charge is 0.473 e. The highest BCUT2D eigenvalue weighted by atomic mass is 16.5. The van der Waals surface area contributed by atoms with Gasteiger partial charge in [0.25, 0.3) is 0 Å². The molecule has 2 rings (SSSR count). The van der Waals surface area contributed by atoms with E-state index in [2.05, 4.69) is 55.0 Å². The van der Waals surface area contributed by atoms with Crippen LogP contribution in [0.4, 0.5) is 0 Å². The Morgan fingerprint density at radius 1 is 1.00 bits per heavy atom. The van der Waals surface area contributed by atoms with Gasteiger partial charge in [0.15, 0.2) is 0 Å². The van der Waals surface area contributed by atoms with Gasteiger partial charge in [-0.2, -0.15) is 4.98 Å². The lowest BCUT2D eigenvalue weighted by molar-refractivity contribution is 0.289. The molecule has 0 bridgehead atoms. The average Bonchev–Trinajstić information content (AvgIpc) is 2.42. The molecular weight excluding hydrogens is 248 g/mol. The van der Waals surface area contributed by atoms with E-state index in [0.29, 0.717) is 18.4 Å². The Morgan fingerprint density at radius 3 is 2.25 bits per heavy atom. The van der Waals surface area contributed by atoms with Gasteiger partial charge in [-0.05, 0) is 26.3 Å². The molecule has 0 unspecified atom stereocenters. The quantitative estimate of drug-likeness (QED) is 0.838. The lowest BCUT2D eigenvalue weighted by Gasteiger charge is -2.13. The molecule has 106 valence electrons. The highest BCUT2D eigenvalue weighted by Crippen LogP contribution is 2.21. The Balaban J connectivity index is 2.18. The standard InChI is InChI=1S/C17H22N2O/c1-11(2)16-18-14(5)13(4)17(19-16)20-10-15-8-6-12(3)7-9-15/h6-9,11H,10H2,1-5H3. The van der Waals surface area contributed by atoms with Crippen molar-refractivity contribution in [1.82, 2.24) is 9.97 Å². The molecule has 0 atom stereocenters. The first-order valence-electron chi connectivity index (χ1n) is 7.01. The second-order valence-corrected chi connectivity index (χ2v) is 5.53. The van der Waals surface area contributed by atoms with Crippen LogP contribution in [0.5, 0.6) is 5.88 Å². The summed E-state index contributed by atoms with van der Waals surface area (Å²) in [7, 11) is 0. The zero-order valence-corrected chi connectivity index (χ0v) is 12.9. The van der Waals surface area contributed by atoms with Crippen LogP contribution in [-0.2, 0) is 6.61 Å².